The number of hydrogen-bond acceptors (Lipinski definition) is 5. The predicted molar refractivity (Wildman–Crippen MR) is 149 cm³/mol. The zero-order valence-electron chi connectivity index (χ0n) is 22.9. The third-order valence-corrected chi connectivity index (χ3v) is 8.61. The molecule has 202 valence electrons. The molecule has 1 aromatic carbocycles. The van der Waals surface area contributed by atoms with Crippen LogP contribution in [0, 0.1) is 5.92 Å². The Balaban J connectivity index is 1.12. The van der Waals surface area contributed by atoms with Crippen molar-refractivity contribution in [2.45, 2.75) is 76.0 Å². The van der Waals surface area contributed by atoms with Gasteiger partial charge in [-0.15, -0.1) is 0 Å². The molecular weight excluding hydrogens is 474 g/mol. The molecule has 0 bridgehead atoms. The van der Waals surface area contributed by atoms with E-state index in [9.17, 15) is 4.79 Å². The number of aryl methyl sites for hydroxylation is 2. The van der Waals surface area contributed by atoms with Crippen molar-refractivity contribution in [1.82, 2.24) is 19.8 Å². The van der Waals surface area contributed by atoms with Crippen LogP contribution in [0.1, 0.15) is 86.7 Å². The average molecular weight is 516 g/mol. The van der Waals surface area contributed by atoms with Crippen molar-refractivity contribution in [2.24, 2.45) is 13.0 Å². The molecule has 1 amide bonds. The molecular formula is C31H41N5O2. The van der Waals surface area contributed by atoms with Crippen molar-refractivity contribution < 1.29 is 9.32 Å². The molecule has 0 N–H and O–H groups in total. The number of benzene rings is 1. The molecule has 7 heteroatoms. The third kappa shape index (κ3) is 5.88. The molecule has 3 heterocycles. The fourth-order valence-electron chi connectivity index (χ4n) is 5.76. The molecule has 2 aromatic heterocycles. The smallest absolute Gasteiger partial charge is 0.230 e. The molecule has 38 heavy (non-hydrogen) atoms. The largest absolute Gasteiger partial charge is 0.356 e. The van der Waals surface area contributed by atoms with Crippen molar-refractivity contribution in [3.63, 3.8) is 0 Å². The van der Waals surface area contributed by atoms with Crippen LogP contribution < -0.4 is 4.90 Å². The van der Waals surface area contributed by atoms with Crippen LogP contribution in [0.3, 0.4) is 0 Å². The van der Waals surface area contributed by atoms with Crippen LogP contribution in [0.5, 0.6) is 0 Å². The SMILES string of the molecule is CN1CCC(C(=O)N(CCCCCc2cc(C3CC3)nn2C)c2cccc(-c3cc(C4CC4)no3)c2)CC1. The Morgan fingerprint density at radius 2 is 1.71 bits per heavy atom. The number of likely N-dealkylation sites (tertiary alicyclic amines) is 1. The summed E-state index contributed by atoms with van der Waals surface area (Å²) in [5, 5.41) is 9.01. The molecule has 2 saturated carbocycles. The Bertz CT molecular complexity index is 1250. The van der Waals surface area contributed by atoms with Gasteiger partial charge in [-0.3, -0.25) is 9.48 Å². The molecule has 1 saturated heterocycles. The lowest BCUT2D eigenvalue weighted by atomic mass is 9.95. The Labute approximate surface area is 226 Å². The molecule has 3 fully saturated rings. The molecule has 6 rings (SSSR count). The number of piperidine rings is 1. The zero-order valence-corrected chi connectivity index (χ0v) is 22.9. The molecule has 0 unspecified atom stereocenters. The molecule has 3 aromatic rings. The van der Waals surface area contributed by atoms with E-state index in [1.165, 1.54) is 37.1 Å². The van der Waals surface area contributed by atoms with Crippen LogP contribution >= 0.6 is 0 Å². The number of carbonyl (C=O) groups excluding carboxylic acids is 1. The predicted octanol–water partition coefficient (Wildman–Crippen LogP) is 5.92. The summed E-state index contributed by atoms with van der Waals surface area (Å²) in [6.45, 7) is 2.72. The second-order valence-corrected chi connectivity index (χ2v) is 11.8. The van der Waals surface area contributed by atoms with E-state index in [0.717, 1.165) is 80.9 Å². The van der Waals surface area contributed by atoms with Crippen molar-refractivity contribution in [3.8, 4) is 11.3 Å². The lowest BCUT2D eigenvalue weighted by Gasteiger charge is -2.32. The summed E-state index contributed by atoms with van der Waals surface area (Å²) in [6.07, 6.45) is 11.1. The quantitative estimate of drug-likeness (QED) is 0.297. The van der Waals surface area contributed by atoms with E-state index in [4.69, 9.17) is 9.62 Å². The minimum Gasteiger partial charge on any atom is -0.356 e. The normalized spacial score (nSPS) is 18.7. The standard InChI is InChI=1S/C31H41N5O2/c1-34-17-14-24(15-18-34)31(37)36(16-5-3-4-8-26-20-28(22-10-11-22)32-35(26)2)27-9-6-7-25(19-27)30-21-29(33-38-30)23-12-13-23/h6-7,9,19-24H,3-5,8,10-18H2,1-2H3. The summed E-state index contributed by atoms with van der Waals surface area (Å²) >= 11 is 0. The minimum absolute atomic E-state index is 0.0943. The first kappa shape index (κ1) is 25.4. The van der Waals surface area contributed by atoms with Crippen LogP contribution in [-0.2, 0) is 18.3 Å². The van der Waals surface area contributed by atoms with Crippen molar-refractivity contribution >= 4 is 11.6 Å². The lowest BCUT2D eigenvalue weighted by Crippen LogP contribution is -2.42. The number of nitrogens with zero attached hydrogens (tertiary/aromatic N) is 5. The summed E-state index contributed by atoms with van der Waals surface area (Å²) in [6, 6.07) is 12.7. The van der Waals surface area contributed by atoms with Gasteiger partial charge in [0.1, 0.15) is 0 Å². The zero-order chi connectivity index (χ0) is 26.1. The number of anilines is 1. The van der Waals surface area contributed by atoms with Crippen LogP contribution in [0.4, 0.5) is 5.69 Å². The van der Waals surface area contributed by atoms with Gasteiger partial charge in [0, 0.05) is 54.4 Å². The van der Waals surface area contributed by atoms with Crippen molar-refractivity contribution in [2.75, 3.05) is 31.6 Å². The number of hydrogen-bond donors (Lipinski definition) is 0. The van der Waals surface area contributed by atoms with Gasteiger partial charge >= 0.3 is 0 Å². The van der Waals surface area contributed by atoms with Gasteiger partial charge in [0.25, 0.3) is 0 Å². The van der Waals surface area contributed by atoms with Gasteiger partial charge in [0.15, 0.2) is 5.76 Å². The Kier molecular flexibility index (Phi) is 7.37. The van der Waals surface area contributed by atoms with Crippen LogP contribution in [0.25, 0.3) is 11.3 Å². The molecule has 1 aliphatic heterocycles. The second kappa shape index (κ2) is 11.0. The highest BCUT2D eigenvalue weighted by atomic mass is 16.5. The van der Waals surface area contributed by atoms with Gasteiger partial charge in [-0.2, -0.15) is 5.10 Å². The number of carbonyl (C=O) groups is 1. The Morgan fingerprint density at radius 3 is 2.47 bits per heavy atom. The van der Waals surface area contributed by atoms with Crippen LogP contribution in [0.15, 0.2) is 40.9 Å². The first-order valence-corrected chi connectivity index (χ1v) is 14.6. The molecule has 7 nitrogen and oxygen atoms in total. The van der Waals surface area contributed by atoms with E-state index < -0.39 is 0 Å². The van der Waals surface area contributed by atoms with E-state index in [0.29, 0.717) is 11.8 Å². The van der Waals surface area contributed by atoms with Crippen molar-refractivity contribution in [3.05, 3.63) is 53.5 Å². The molecule has 0 atom stereocenters. The maximum atomic E-state index is 13.8. The highest BCUT2D eigenvalue weighted by molar-refractivity contribution is 5.95. The van der Waals surface area contributed by atoms with Crippen LogP contribution in [0.2, 0.25) is 0 Å². The fourth-order valence-corrected chi connectivity index (χ4v) is 5.76. The first-order valence-electron chi connectivity index (χ1n) is 14.6. The summed E-state index contributed by atoms with van der Waals surface area (Å²) < 4.78 is 7.76. The minimum atomic E-state index is 0.0943. The first-order chi connectivity index (χ1) is 18.5. The topological polar surface area (TPSA) is 67.4 Å². The Morgan fingerprint density at radius 1 is 0.947 bits per heavy atom. The average Bonchev–Trinajstić information content (AvgIpc) is 3.87. The van der Waals surface area contributed by atoms with Gasteiger partial charge < -0.3 is 14.3 Å². The van der Waals surface area contributed by atoms with Crippen LogP contribution in [-0.4, -0.2) is 52.4 Å². The maximum Gasteiger partial charge on any atom is 0.230 e. The van der Waals surface area contributed by atoms with E-state index in [1.807, 2.05) is 11.0 Å². The number of unbranched alkanes of at least 4 members (excludes halogenated alkanes) is 2. The van der Waals surface area contributed by atoms with Gasteiger partial charge in [0.05, 0.1) is 11.4 Å². The summed E-state index contributed by atoms with van der Waals surface area (Å²) in [5.74, 6) is 2.42. The van der Waals surface area contributed by atoms with E-state index >= 15 is 0 Å². The van der Waals surface area contributed by atoms with Gasteiger partial charge in [0.2, 0.25) is 5.91 Å². The molecule has 2 aliphatic carbocycles. The Hall–Kier alpha value is -2.93. The molecule has 0 radical (unpaired) electrons. The molecule has 3 aliphatic rings. The maximum absolute atomic E-state index is 13.8. The van der Waals surface area contributed by atoms with E-state index in [1.54, 1.807) is 0 Å². The van der Waals surface area contributed by atoms with E-state index in [2.05, 4.69) is 59.2 Å². The summed E-state index contributed by atoms with van der Waals surface area (Å²) in [5.41, 5.74) is 5.62. The number of amides is 1. The van der Waals surface area contributed by atoms with Gasteiger partial charge in [-0.05, 0) is 96.1 Å². The lowest BCUT2D eigenvalue weighted by molar-refractivity contribution is -0.123. The van der Waals surface area contributed by atoms with Gasteiger partial charge in [-0.1, -0.05) is 23.7 Å². The monoisotopic (exact) mass is 515 g/mol. The number of rotatable bonds is 11. The number of aromatic nitrogens is 3. The molecule has 0 spiro atoms. The summed E-state index contributed by atoms with van der Waals surface area (Å²) in [4.78, 5) is 18.2. The van der Waals surface area contributed by atoms with Crippen molar-refractivity contribution in [1.29, 1.82) is 0 Å². The fraction of sp³-hybridized carbons (Fsp3) is 0.581. The highest BCUT2D eigenvalue weighted by Crippen LogP contribution is 2.41. The van der Waals surface area contributed by atoms with E-state index in [-0.39, 0.29) is 11.8 Å². The third-order valence-electron chi connectivity index (χ3n) is 8.61. The highest BCUT2D eigenvalue weighted by Gasteiger charge is 2.30. The second-order valence-electron chi connectivity index (χ2n) is 11.8. The van der Waals surface area contributed by atoms with Gasteiger partial charge in [-0.25, -0.2) is 0 Å². The summed E-state index contributed by atoms with van der Waals surface area (Å²) in [7, 11) is 4.21.